The van der Waals surface area contributed by atoms with Crippen LogP contribution < -0.4 is 31.4 Å². The zero-order valence-electron chi connectivity index (χ0n) is 22.1. The van der Waals surface area contributed by atoms with Crippen LogP contribution in [0.3, 0.4) is 0 Å². The Morgan fingerprint density at radius 3 is 1.05 bits per heavy atom. The molecule has 0 radical (unpaired) electrons. The number of carboxylic acids is 2. The SMILES string of the molecule is CC(=O)[O-].CC(=O)[O-].O.O.PC(=CP(c1ccccc1)c1ccccc1)P(c1ccccc1)c1ccccc1.[Ru+2]. The largest absolute Gasteiger partial charge is 2.00 e. The third-order valence-electron chi connectivity index (χ3n) is 4.62. The van der Waals surface area contributed by atoms with E-state index < -0.39 is 27.8 Å². The maximum absolute atomic E-state index is 8.89. The molecule has 0 saturated carbocycles. The molecule has 0 aromatic heterocycles. The Labute approximate surface area is 253 Å². The summed E-state index contributed by atoms with van der Waals surface area (Å²) in [5.74, 6) is 0.330. The van der Waals surface area contributed by atoms with Crippen molar-refractivity contribution in [1.29, 1.82) is 0 Å². The summed E-state index contributed by atoms with van der Waals surface area (Å²) in [6.45, 7) is 1.94. The summed E-state index contributed by atoms with van der Waals surface area (Å²) in [4.78, 5) is 17.8. The number of carbonyl (C=O) groups is 2. The second-order valence-electron chi connectivity index (χ2n) is 7.58. The zero-order valence-corrected chi connectivity index (χ0v) is 26.8. The van der Waals surface area contributed by atoms with Crippen molar-refractivity contribution in [1.82, 2.24) is 0 Å². The Balaban J connectivity index is 0. The first-order valence-electron chi connectivity index (χ1n) is 11.4. The summed E-state index contributed by atoms with van der Waals surface area (Å²) in [5.41, 5.74) is 0. The van der Waals surface area contributed by atoms with Crippen molar-refractivity contribution in [3.8, 4) is 0 Å². The van der Waals surface area contributed by atoms with Crippen LogP contribution in [-0.2, 0) is 29.1 Å². The van der Waals surface area contributed by atoms with Crippen LogP contribution in [0.25, 0.3) is 0 Å². The van der Waals surface area contributed by atoms with Gasteiger partial charge in [0, 0.05) is 11.9 Å². The Morgan fingerprint density at radius 2 is 0.800 bits per heavy atom. The minimum atomic E-state index is -1.08. The van der Waals surface area contributed by atoms with Crippen LogP contribution in [0.2, 0.25) is 0 Å². The van der Waals surface area contributed by atoms with Crippen molar-refractivity contribution in [2.45, 2.75) is 13.8 Å². The molecule has 4 N–H and O–H groups in total. The minimum absolute atomic E-state index is 0. The summed E-state index contributed by atoms with van der Waals surface area (Å²) >= 11 is 0. The first-order chi connectivity index (χ1) is 17.8. The number of carboxylic acid groups (broad SMARTS) is 2. The molecule has 4 rings (SSSR count). The van der Waals surface area contributed by atoms with E-state index in [2.05, 4.69) is 136 Å². The number of rotatable bonds is 6. The van der Waals surface area contributed by atoms with Crippen molar-refractivity contribution in [2.75, 3.05) is 0 Å². The third-order valence-corrected chi connectivity index (χ3v) is 10.6. The van der Waals surface area contributed by atoms with Crippen molar-refractivity contribution < 1.29 is 50.2 Å². The molecule has 1 unspecified atom stereocenters. The van der Waals surface area contributed by atoms with Crippen LogP contribution in [0, 0.1) is 0 Å². The van der Waals surface area contributed by atoms with Gasteiger partial charge in [-0.25, -0.2) is 0 Å². The molecule has 4 aromatic rings. The Kier molecular flexibility index (Phi) is 21.9. The van der Waals surface area contributed by atoms with E-state index in [1.54, 1.807) is 0 Å². The molecule has 0 fully saturated rings. The molecule has 6 nitrogen and oxygen atoms in total. The van der Waals surface area contributed by atoms with Gasteiger partial charge in [0.15, 0.2) is 0 Å². The fraction of sp³-hybridized carbons (Fsp3) is 0.0667. The van der Waals surface area contributed by atoms with E-state index in [4.69, 9.17) is 19.8 Å². The normalized spacial score (nSPS) is 9.78. The van der Waals surface area contributed by atoms with Crippen LogP contribution in [0.5, 0.6) is 0 Å². The smallest absolute Gasteiger partial charge is 0.550 e. The van der Waals surface area contributed by atoms with Gasteiger partial charge in [-0.1, -0.05) is 121 Å². The van der Waals surface area contributed by atoms with Gasteiger partial charge >= 0.3 is 19.5 Å². The van der Waals surface area contributed by atoms with Gasteiger partial charge in [0.05, 0.1) is 0 Å². The van der Waals surface area contributed by atoms with Crippen LogP contribution in [0.15, 0.2) is 132 Å². The van der Waals surface area contributed by atoms with Gasteiger partial charge < -0.3 is 30.8 Å². The number of carbonyl (C=O) groups excluding carboxylic acids is 2. The van der Waals surface area contributed by atoms with E-state index in [9.17, 15) is 0 Å². The number of hydrogen-bond donors (Lipinski definition) is 0. The monoisotopic (exact) mass is 684 g/mol. The average molecular weight is 684 g/mol. The molecule has 0 spiro atoms. The van der Waals surface area contributed by atoms with Gasteiger partial charge in [-0.2, -0.15) is 0 Å². The van der Waals surface area contributed by atoms with Gasteiger partial charge in [0.2, 0.25) is 0 Å². The molecule has 1 atom stereocenters. The summed E-state index contributed by atoms with van der Waals surface area (Å²) in [6, 6.07) is 43.5. The summed E-state index contributed by atoms with van der Waals surface area (Å²) in [5, 5.41) is 24.7. The van der Waals surface area contributed by atoms with Crippen LogP contribution >= 0.6 is 25.1 Å². The third kappa shape index (κ3) is 14.7. The van der Waals surface area contributed by atoms with Gasteiger partial charge in [0.1, 0.15) is 0 Å². The standard InChI is InChI=1S/C26H23P3.2C2H4O2.2H2O.Ru/c27-26(29(24-17-9-3-10-18-24)25-19-11-4-12-20-25)21-28(22-13-5-1-6-14-22)23-15-7-2-8-16-23;2*1-2(3)4;;;/h1-21H,27H2;2*1H3,(H,3,4);2*1H2;/q;;;;;+2/p-2. The van der Waals surface area contributed by atoms with E-state index in [0.717, 1.165) is 13.8 Å². The Morgan fingerprint density at radius 1 is 0.575 bits per heavy atom. The van der Waals surface area contributed by atoms with E-state index in [1.807, 2.05) is 0 Å². The molecule has 212 valence electrons. The minimum Gasteiger partial charge on any atom is -0.550 e. The van der Waals surface area contributed by atoms with Gasteiger partial charge in [-0.3, -0.25) is 0 Å². The predicted molar refractivity (Wildman–Crippen MR) is 165 cm³/mol. The molecule has 0 amide bonds. The van der Waals surface area contributed by atoms with Crippen LogP contribution in [-0.4, -0.2) is 22.9 Å². The van der Waals surface area contributed by atoms with Crippen LogP contribution in [0.1, 0.15) is 13.8 Å². The number of benzene rings is 4. The molecule has 0 aliphatic heterocycles. The predicted octanol–water partition coefficient (Wildman–Crippen LogP) is 1.79. The van der Waals surface area contributed by atoms with Gasteiger partial charge in [-0.05, 0) is 61.8 Å². The Bertz CT molecular complexity index is 1160. The van der Waals surface area contributed by atoms with Gasteiger partial charge in [0.25, 0.3) is 0 Å². The average Bonchev–Trinajstić information content (AvgIpc) is 2.89. The van der Waals surface area contributed by atoms with Crippen molar-refractivity contribution in [3.05, 3.63) is 132 Å². The topological polar surface area (TPSA) is 143 Å². The second kappa shape index (κ2) is 22.1. The summed E-state index contributed by atoms with van der Waals surface area (Å²) < 4.78 is 0. The molecular weight excluding hydrogens is 650 g/mol. The first kappa shape index (κ1) is 39.5. The first-order valence-corrected chi connectivity index (χ1v) is 14.7. The maximum Gasteiger partial charge on any atom is 2.00 e. The molecule has 40 heavy (non-hydrogen) atoms. The quantitative estimate of drug-likeness (QED) is 0.226. The van der Waals surface area contributed by atoms with Crippen molar-refractivity contribution in [2.24, 2.45) is 0 Å². The molecule has 0 aliphatic rings. The van der Waals surface area contributed by atoms with Crippen molar-refractivity contribution in [3.63, 3.8) is 0 Å². The zero-order chi connectivity index (χ0) is 27.0. The van der Waals surface area contributed by atoms with E-state index in [0.29, 0.717) is 0 Å². The number of aliphatic carboxylic acids is 2. The van der Waals surface area contributed by atoms with E-state index in [-0.39, 0.29) is 30.4 Å². The van der Waals surface area contributed by atoms with E-state index >= 15 is 0 Å². The molecule has 0 bridgehead atoms. The van der Waals surface area contributed by atoms with Crippen LogP contribution in [0.4, 0.5) is 0 Å². The molecule has 0 aliphatic carbocycles. The molecular formula is C30H33O6P3Ru. The van der Waals surface area contributed by atoms with Gasteiger partial charge in [-0.15, -0.1) is 9.24 Å². The molecule has 4 aromatic carbocycles. The maximum atomic E-state index is 8.89. The fourth-order valence-corrected chi connectivity index (χ4v) is 9.10. The van der Waals surface area contributed by atoms with E-state index in [1.165, 1.54) is 26.3 Å². The molecule has 0 saturated heterocycles. The Hall–Kier alpha value is -2.61. The second-order valence-corrected chi connectivity index (χ2v) is 12.9. The summed E-state index contributed by atoms with van der Waals surface area (Å²) in [6.07, 6.45) is 0. The molecule has 10 heteroatoms. The number of hydrogen-bond acceptors (Lipinski definition) is 4. The molecule has 0 heterocycles. The van der Waals surface area contributed by atoms with Crippen molar-refractivity contribution >= 4 is 58.2 Å². The summed E-state index contributed by atoms with van der Waals surface area (Å²) in [7, 11) is 1.92. The fourth-order valence-electron chi connectivity index (χ4n) is 3.27.